The molecule has 0 radical (unpaired) electrons. The normalized spacial score (nSPS) is 15.7. The standard InChI is InChI=1S/C24H21BrClF3N6O2S/c25-18-14-32-35-22(31-13-15-2-1-7-30-12-15)11-20(33-23(18)35)16-5-8-34(9-6-16)38(36,37)21-4-3-17(10-19(21)26)24(27,28)29/h1-4,7,10-12,14,16,31H,5-6,8-9,13H2. The van der Waals surface area contributed by atoms with Crippen molar-refractivity contribution in [2.24, 2.45) is 0 Å². The third-order valence-electron chi connectivity index (χ3n) is 6.39. The third kappa shape index (κ3) is 5.37. The molecule has 8 nitrogen and oxygen atoms in total. The summed E-state index contributed by atoms with van der Waals surface area (Å²) in [6.45, 7) is 0.876. The molecule has 1 fully saturated rings. The van der Waals surface area contributed by atoms with Crippen molar-refractivity contribution in [3.8, 4) is 0 Å². The lowest BCUT2D eigenvalue weighted by Gasteiger charge is -2.31. The highest BCUT2D eigenvalue weighted by Gasteiger charge is 2.35. The largest absolute Gasteiger partial charge is 0.416 e. The molecule has 200 valence electrons. The molecule has 1 aliphatic rings. The molecule has 38 heavy (non-hydrogen) atoms. The number of hydrogen-bond acceptors (Lipinski definition) is 6. The van der Waals surface area contributed by atoms with E-state index in [9.17, 15) is 21.6 Å². The number of aromatic nitrogens is 4. The fourth-order valence-electron chi connectivity index (χ4n) is 4.40. The van der Waals surface area contributed by atoms with Gasteiger partial charge in [-0.2, -0.15) is 27.1 Å². The van der Waals surface area contributed by atoms with Crippen LogP contribution in [-0.4, -0.2) is 45.4 Å². The number of hydrogen-bond donors (Lipinski definition) is 1. The van der Waals surface area contributed by atoms with Crippen LogP contribution in [0.4, 0.5) is 19.0 Å². The number of benzene rings is 1. The van der Waals surface area contributed by atoms with E-state index in [2.05, 4.69) is 31.3 Å². The van der Waals surface area contributed by atoms with Gasteiger partial charge in [0.1, 0.15) is 10.7 Å². The number of halogens is 5. The lowest BCUT2D eigenvalue weighted by molar-refractivity contribution is -0.137. The van der Waals surface area contributed by atoms with Crippen molar-refractivity contribution in [1.29, 1.82) is 0 Å². The highest BCUT2D eigenvalue weighted by atomic mass is 79.9. The molecule has 0 unspecified atom stereocenters. The summed E-state index contributed by atoms with van der Waals surface area (Å²) < 4.78 is 69.0. The van der Waals surface area contributed by atoms with Crippen LogP contribution in [0.3, 0.4) is 0 Å². The molecule has 4 aromatic rings. The molecule has 5 rings (SSSR count). The number of rotatable bonds is 6. The molecule has 1 aromatic carbocycles. The summed E-state index contributed by atoms with van der Waals surface area (Å²) in [6, 6.07) is 8.01. The van der Waals surface area contributed by atoms with Crippen molar-refractivity contribution < 1.29 is 21.6 Å². The van der Waals surface area contributed by atoms with Gasteiger partial charge in [-0.15, -0.1) is 0 Å². The fraction of sp³-hybridized carbons (Fsp3) is 0.292. The van der Waals surface area contributed by atoms with Crippen LogP contribution in [-0.2, 0) is 22.7 Å². The van der Waals surface area contributed by atoms with Crippen LogP contribution in [0.15, 0.2) is 64.4 Å². The minimum absolute atomic E-state index is 0.0322. The highest BCUT2D eigenvalue weighted by molar-refractivity contribution is 9.10. The molecule has 14 heteroatoms. The summed E-state index contributed by atoms with van der Waals surface area (Å²) in [6.07, 6.45) is 1.47. The Morgan fingerprint density at radius 3 is 2.55 bits per heavy atom. The SMILES string of the molecule is O=S(=O)(c1ccc(C(F)(F)F)cc1Cl)N1CCC(c2cc(NCc3cccnc3)n3ncc(Br)c3n2)CC1. The van der Waals surface area contributed by atoms with Crippen molar-refractivity contribution >= 4 is 49.0 Å². The lowest BCUT2D eigenvalue weighted by atomic mass is 9.94. The molecule has 0 spiro atoms. The van der Waals surface area contributed by atoms with Gasteiger partial charge >= 0.3 is 6.18 Å². The Morgan fingerprint density at radius 1 is 1.13 bits per heavy atom. The first-order chi connectivity index (χ1) is 18.0. The maximum atomic E-state index is 13.2. The molecule has 0 aliphatic carbocycles. The van der Waals surface area contributed by atoms with E-state index in [-0.39, 0.29) is 23.9 Å². The zero-order valence-electron chi connectivity index (χ0n) is 19.7. The second-order valence-electron chi connectivity index (χ2n) is 8.83. The summed E-state index contributed by atoms with van der Waals surface area (Å²) >= 11 is 9.46. The second kappa shape index (κ2) is 10.4. The number of alkyl halides is 3. The molecule has 1 aliphatic heterocycles. The Morgan fingerprint density at radius 2 is 1.89 bits per heavy atom. The summed E-state index contributed by atoms with van der Waals surface area (Å²) in [4.78, 5) is 8.56. The van der Waals surface area contributed by atoms with Crippen molar-refractivity contribution in [3.05, 3.63) is 81.3 Å². The van der Waals surface area contributed by atoms with E-state index in [1.165, 1.54) is 4.31 Å². The average molecular weight is 630 g/mol. The maximum absolute atomic E-state index is 13.2. The van der Waals surface area contributed by atoms with Crippen LogP contribution in [0.5, 0.6) is 0 Å². The second-order valence-corrected chi connectivity index (χ2v) is 12.0. The van der Waals surface area contributed by atoms with E-state index in [1.54, 1.807) is 23.1 Å². The van der Waals surface area contributed by atoms with E-state index in [1.807, 2.05) is 18.2 Å². The lowest BCUT2D eigenvalue weighted by Crippen LogP contribution is -2.38. The zero-order chi connectivity index (χ0) is 27.1. The Kier molecular flexibility index (Phi) is 7.37. The van der Waals surface area contributed by atoms with Crippen LogP contribution in [0, 0.1) is 0 Å². The predicted molar refractivity (Wildman–Crippen MR) is 139 cm³/mol. The molecule has 0 saturated carbocycles. The quantitative estimate of drug-likeness (QED) is 0.293. The van der Waals surface area contributed by atoms with Crippen LogP contribution in [0.25, 0.3) is 5.65 Å². The first-order valence-electron chi connectivity index (χ1n) is 11.6. The van der Waals surface area contributed by atoms with Crippen molar-refractivity contribution in [2.75, 3.05) is 18.4 Å². The number of sulfonamides is 1. The Hall–Kier alpha value is -2.74. The molecule has 0 amide bonds. The maximum Gasteiger partial charge on any atom is 0.416 e. The number of nitrogens with zero attached hydrogens (tertiary/aromatic N) is 5. The molecule has 4 heterocycles. The number of pyridine rings is 1. The molecule has 0 atom stereocenters. The number of piperidine rings is 1. The van der Waals surface area contributed by atoms with E-state index >= 15 is 0 Å². The Bertz CT molecular complexity index is 1580. The predicted octanol–water partition coefficient (Wildman–Crippen LogP) is 5.74. The topological polar surface area (TPSA) is 92.5 Å². The molecule has 1 saturated heterocycles. The zero-order valence-corrected chi connectivity index (χ0v) is 22.8. The van der Waals surface area contributed by atoms with Gasteiger partial charge in [0.15, 0.2) is 5.65 Å². The number of anilines is 1. The molecule has 0 bridgehead atoms. The summed E-state index contributed by atoms with van der Waals surface area (Å²) in [7, 11) is -4.07. The van der Waals surface area contributed by atoms with Crippen molar-refractivity contribution in [1.82, 2.24) is 23.9 Å². The van der Waals surface area contributed by atoms with E-state index in [0.717, 1.165) is 33.7 Å². The minimum Gasteiger partial charge on any atom is -0.366 e. The van der Waals surface area contributed by atoms with Crippen LogP contribution >= 0.6 is 27.5 Å². The first-order valence-corrected chi connectivity index (χ1v) is 14.2. The van der Waals surface area contributed by atoms with Gasteiger partial charge in [0.25, 0.3) is 0 Å². The van der Waals surface area contributed by atoms with Crippen LogP contribution in [0.2, 0.25) is 5.02 Å². The summed E-state index contributed by atoms with van der Waals surface area (Å²) in [5, 5.41) is 7.30. The van der Waals surface area contributed by atoms with Gasteiger partial charge in [0, 0.05) is 49.7 Å². The molecular weight excluding hydrogens is 609 g/mol. The highest BCUT2D eigenvalue weighted by Crippen LogP contribution is 2.36. The van der Waals surface area contributed by atoms with Gasteiger partial charge in [-0.05, 0) is 58.6 Å². The van der Waals surface area contributed by atoms with E-state index in [4.69, 9.17) is 16.6 Å². The summed E-state index contributed by atoms with van der Waals surface area (Å²) in [5.41, 5.74) is 1.41. The smallest absolute Gasteiger partial charge is 0.366 e. The van der Waals surface area contributed by atoms with Gasteiger partial charge < -0.3 is 5.32 Å². The Labute approximate surface area is 230 Å². The molecule has 3 aromatic heterocycles. The first kappa shape index (κ1) is 26.9. The number of nitrogens with one attached hydrogen (secondary N) is 1. The van der Waals surface area contributed by atoms with Crippen molar-refractivity contribution in [2.45, 2.75) is 36.4 Å². The van der Waals surface area contributed by atoms with Crippen molar-refractivity contribution in [3.63, 3.8) is 0 Å². The number of fused-ring (bicyclic) bond motifs is 1. The van der Waals surface area contributed by atoms with E-state index in [0.29, 0.717) is 31.1 Å². The third-order valence-corrected chi connectivity index (χ3v) is 9.34. The molecule has 1 N–H and O–H groups in total. The molecular formula is C24H21BrClF3N6O2S. The average Bonchev–Trinajstić information content (AvgIpc) is 3.28. The summed E-state index contributed by atoms with van der Waals surface area (Å²) in [5.74, 6) is 0.696. The van der Waals surface area contributed by atoms with E-state index < -0.39 is 26.8 Å². The monoisotopic (exact) mass is 628 g/mol. The van der Waals surface area contributed by atoms with Crippen LogP contribution in [0.1, 0.15) is 35.6 Å². The van der Waals surface area contributed by atoms with Gasteiger partial charge in [-0.25, -0.2) is 13.4 Å². The van der Waals surface area contributed by atoms with Crippen LogP contribution < -0.4 is 5.32 Å². The minimum atomic E-state index is -4.62. The van der Waals surface area contributed by atoms with Gasteiger partial charge in [0.05, 0.1) is 21.3 Å². The Balaban J connectivity index is 1.34. The van der Waals surface area contributed by atoms with Gasteiger partial charge in [-0.1, -0.05) is 17.7 Å². The van der Waals surface area contributed by atoms with Gasteiger partial charge in [0.2, 0.25) is 10.0 Å². The van der Waals surface area contributed by atoms with Gasteiger partial charge in [-0.3, -0.25) is 4.98 Å². The fourth-order valence-corrected chi connectivity index (χ4v) is 6.74.